The minimum absolute atomic E-state index is 0.0751. The number of hydrogen-bond donors (Lipinski definition) is 0. The highest BCUT2D eigenvalue weighted by Gasteiger charge is 2.36. The van der Waals surface area contributed by atoms with Gasteiger partial charge >= 0.3 is 0 Å². The average Bonchev–Trinajstić information content (AvgIpc) is 3.69. The van der Waals surface area contributed by atoms with Crippen molar-refractivity contribution in [3.05, 3.63) is 79.5 Å². The summed E-state index contributed by atoms with van der Waals surface area (Å²) in [5, 5.41) is 3.09. The fourth-order valence-electron chi connectivity index (χ4n) is 5.36. The summed E-state index contributed by atoms with van der Waals surface area (Å²) in [6, 6.07) is 12.2. The van der Waals surface area contributed by atoms with E-state index in [1.54, 1.807) is 46.6 Å². The molecule has 198 valence electrons. The lowest BCUT2D eigenvalue weighted by Crippen LogP contribution is -2.48. The number of benzene rings is 2. The van der Waals surface area contributed by atoms with Gasteiger partial charge in [0, 0.05) is 40.2 Å². The highest BCUT2D eigenvalue weighted by atomic mass is 35.5. The van der Waals surface area contributed by atoms with E-state index in [1.165, 1.54) is 4.88 Å². The molecule has 1 saturated heterocycles. The average molecular weight is 573 g/mol. The molecule has 10 heteroatoms. The van der Waals surface area contributed by atoms with Gasteiger partial charge in [0.2, 0.25) is 12.7 Å². The molecule has 0 saturated carbocycles. The molecule has 1 fully saturated rings. The van der Waals surface area contributed by atoms with Gasteiger partial charge in [-0.2, -0.15) is 0 Å². The van der Waals surface area contributed by atoms with Crippen LogP contribution >= 0.6 is 34.5 Å². The van der Waals surface area contributed by atoms with Crippen molar-refractivity contribution in [2.45, 2.75) is 31.4 Å². The third-order valence-electron chi connectivity index (χ3n) is 7.22. The lowest BCUT2D eigenvalue weighted by Gasteiger charge is -2.38. The minimum atomic E-state index is -0.354. The van der Waals surface area contributed by atoms with Crippen molar-refractivity contribution in [3.8, 4) is 11.5 Å². The molecule has 0 spiro atoms. The van der Waals surface area contributed by atoms with Crippen LogP contribution in [0.2, 0.25) is 10.0 Å². The van der Waals surface area contributed by atoms with E-state index in [4.69, 9.17) is 37.4 Å². The van der Waals surface area contributed by atoms with Gasteiger partial charge < -0.3 is 24.0 Å². The van der Waals surface area contributed by atoms with Crippen molar-refractivity contribution >= 4 is 46.4 Å². The number of hydrogen-bond acceptors (Lipinski definition) is 6. The van der Waals surface area contributed by atoms with Crippen LogP contribution in [0.1, 0.15) is 45.2 Å². The van der Waals surface area contributed by atoms with Crippen molar-refractivity contribution in [3.63, 3.8) is 0 Å². The first-order valence-corrected chi connectivity index (χ1v) is 14.2. The Balaban J connectivity index is 1.30. The van der Waals surface area contributed by atoms with Crippen molar-refractivity contribution in [2.24, 2.45) is 0 Å². The Kier molecular flexibility index (Phi) is 7.22. The molecule has 2 unspecified atom stereocenters. The van der Waals surface area contributed by atoms with E-state index in [0.29, 0.717) is 46.8 Å². The van der Waals surface area contributed by atoms with Crippen LogP contribution in [0.4, 0.5) is 0 Å². The van der Waals surface area contributed by atoms with Crippen LogP contribution in [-0.4, -0.2) is 60.8 Å². The highest BCUT2D eigenvalue weighted by Crippen LogP contribution is 2.41. The summed E-state index contributed by atoms with van der Waals surface area (Å²) >= 11 is 14.5. The number of carbonyl (C=O) groups is 2. The molecule has 0 aliphatic carbocycles. The SMILES string of the molecule is O=C(c1ccc2c(c1)OCO2)N(CC(=O)N1CCc2sccc2C1c1ccc(Cl)cc1Cl)CC1CCCO1. The fraction of sp³-hybridized carbons (Fsp3) is 0.357. The molecule has 38 heavy (non-hydrogen) atoms. The van der Waals surface area contributed by atoms with Gasteiger partial charge in [-0.25, -0.2) is 0 Å². The van der Waals surface area contributed by atoms with Crippen LogP contribution in [0, 0.1) is 0 Å². The number of fused-ring (bicyclic) bond motifs is 2. The summed E-state index contributed by atoms with van der Waals surface area (Å²) in [7, 11) is 0. The van der Waals surface area contributed by atoms with E-state index in [-0.39, 0.29) is 37.3 Å². The van der Waals surface area contributed by atoms with Gasteiger partial charge in [-0.05, 0) is 72.2 Å². The first kappa shape index (κ1) is 25.5. The second-order valence-corrected chi connectivity index (χ2v) is 11.4. The predicted octanol–water partition coefficient (Wildman–Crippen LogP) is 5.58. The molecular weight excluding hydrogens is 547 g/mol. The van der Waals surface area contributed by atoms with Crippen molar-refractivity contribution < 1.29 is 23.8 Å². The molecule has 0 N–H and O–H groups in total. The monoisotopic (exact) mass is 572 g/mol. The number of nitrogens with zero attached hydrogens (tertiary/aromatic N) is 2. The molecular formula is C28H26Cl2N2O5S. The normalized spacial score (nSPS) is 19.9. The minimum Gasteiger partial charge on any atom is -0.454 e. The number of thiophene rings is 1. The van der Waals surface area contributed by atoms with Crippen LogP contribution in [0.15, 0.2) is 47.8 Å². The van der Waals surface area contributed by atoms with Crippen LogP contribution in [-0.2, 0) is 16.0 Å². The van der Waals surface area contributed by atoms with Gasteiger partial charge in [-0.1, -0.05) is 29.3 Å². The van der Waals surface area contributed by atoms with Gasteiger partial charge in [0.05, 0.1) is 12.1 Å². The van der Waals surface area contributed by atoms with Gasteiger partial charge in [-0.3, -0.25) is 9.59 Å². The molecule has 3 aromatic rings. The van der Waals surface area contributed by atoms with E-state index >= 15 is 0 Å². The lowest BCUT2D eigenvalue weighted by molar-refractivity contribution is -0.134. The zero-order chi connectivity index (χ0) is 26.2. The largest absolute Gasteiger partial charge is 0.454 e. The Morgan fingerprint density at radius 2 is 1.92 bits per heavy atom. The third-order valence-corrected chi connectivity index (χ3v) is 8.78. The molecule has 2 amide bonds. The topological polar surface area (TPSA) is 68.3 Å². The number of carbonyl (C=O) groups excluding carboxylic acids is 2. The third kappa shape index (κ3) is 4.98. The molecule has 6 rings (SSSR count). The van der Waals surface area contributed by atoms with Crippen molar-refractivity contribution in [1.29, 1.82) is 0 Å². The summed E-state index contributed by atoms with van der Waals surface area (Å²) in [6.45, 7) is 1.58. The summed E-state index contributed by atoms with van der Waals surface area (Å²) in [6.07, 6.45) is 2.44. The number of amides is 2. The summed E-state index contributed by atoms with van der Waals surface area (Å²) in [4.78, 5) is 32.4. The fourth-order valence-corrected chi connectivity index (χ4v) is 6.78. The predicted molar refractivity (Wildman–Crippen MR) is 145 cm³/mol. The van der Waals surface area contributed by atoms with Crippen LogP contribution < -0.4 is 9.47 Å². The molecule has 0 radical (unpaired) electrons. The van der Waals surface area contributed by atoms with E-state index in [9.17, 15) is 9.59 Å². The smallest absolute Gasteiger partial charge is 0.254 e. The molecule has 3 aliphatic heterocycles. The highest BCUT2D eigenvalue weighted by molar-refractivity contribution is 7.10. The second kappa shape index (κ2) is 10.8. The quantitative estimate of drug-likeness (QED) is 0.385. The van der Waals surface area contributed by atoms with Gasteiger partial charge in [0.25, 0.3) is 5.91 Å². The van der Waals surface area contributed by atoms with Gasteiger partial charge in [0.15, 0.2) is 11.5 Å². The van der Waals surface area contributed by atoms with Crippen LogP contribution in [0.25, 0.3) is 0 Å². The van der Waals surface area contributed by atoms with Crippen LogP contribution in [0.3, 0.4) is 0 Å². The Bertz CT molecular complexity index is 1370. The van der Waals surface area contributed by atoms with Crippen molar-refractivity contribution in [1.82, 2.24) is 9.80 Å². The Morgan fingerprint density at radius 3 is 2.74 bits per heavy atom. The number of halogens is 2. The zero-order valence-electron chi connectivity index (χ0n) is 20.5. The van der Waals surface area contributed by atoms with E-state index in [1.807, 2.05) is 16.3 Å². The molecule has 0 bridgehead atoms. The van der Waals surface area contributed by atoms with Crippen LogP contribution in [0.5, 0.6) is 11.5 Å². The molecule has 1 aromatic heterocycles. The molecule has 2 atom stereocenters. The maximum Gasteiger partial charge on any atom is 0.254 e. The summed E-state index contributed by atoms with van der Waals surface area (Å²) < 4.78 is 16.7. The Labute approximate surface area is 234 Å². The number of ether oxygens (including phenoxy) is 3. The maximum absolute atomic E-state index is 14.0. The summed E-state index contributed by atoms with van der Waals surface area (Å²) in [5.74, 6) is 0.731. The van der Waals surface area contributed by atoms with E-state index in [0.717, 1.165) is 30.4 Å². The lowest BCUT2D eigenvalue weighted by atomic mass is 9.93. The second-order valence-electron chi connectivity index (χ2n) is 9.59. The summed E-state index contributed by atoms with van der Waals surface area (Å²) in [5.41, 5.74) is 2.32. The molecule has 3 aliphatic rings. The Hall–Kier alpha value is -2.78. The van der Waals surface area contributed by atoms with Gasteiger partial charge in [0.1, 0.15) is 6.54 Å². The first-order chi connectivity index (χ1) is 18.5. The van der Waals surface area contributed by atoms with Gasteiger partial charge in [-0.15, -0.1) is 11.3 Å². The Morgan fingerprint density at radius 1 is 1.05 bits per heavy atom. The number of rotatable bonds is 6. The molecule has 4 heterocycles. The van der Waals surface area contributed by atoms with E-state index in [2.05, 4.69) is 6.07 Å². The molecule has 2 aromatic carbocycles. The maximum atomic E-state index is 14.0. The zero-order valence-corrected chi connectivity index (χ0v) is 22.9. The van der Waals surface area contributed by atoms with Crippen molar-refractivity contribution in [2.75, 3.05) is 33.0 Å². The van der Waals surface area contributed by atoms with E-state index < -0.39 is 0 Å². The standard InChI is InChI=1S/C28H26Cl2N2O5S/c29-18-4-5-20(22(30)13-18)27-21-8-11-38-25(21)7-9-32(27)26(33)15-31(14-19-2-1-10-35-19)28(34)17-3-6-23-24(12-17)37-16-36-23/h3-6,8,11-13,19,27H,1-2,7,9-10,14-16H2. The first-order valence-electron chi connectivity index (χ1n) is 12.6. The molecule has 7 nitrogen and oxygen atoms in total.